The van der Waals surface area contributed by atoms with Gasteiger partial charge in [0.25, 0.3) is 0 Å². The van der Waals surface area contributed by atoms with Gasteiger partial charge < -0.3 is 10.1 Å². The Morgan fingerprint density at radius 1 is 1.53 bits per heavy atom. The lowest BCUT2D eigenvalue weighted by Gasteiger charge is -2.53. The molecule has 1 fully saturated rings. The highest BCUT2D eigenvalue weighted by molar-refractivity contribution is 5.05. The molecule has 0 saturated heterocycles. The van der Waals surface area contributed by atoms with E-state index in [4.69, 9.17) is 4.74 Å². The third-order valence-corrected chi connectivity index (χ3v) is 4.65. The van der Waals surface area contributed by atoms with E-state index in [0.717, 1.165) is 31.7 Å². The number of nitrogens with zero attached hydrogens (tertiary/aromatic N) is 2. The normalized spacial score (nSPS) is 30.3. The minimum Gasteiger partial charge on any atom is -0.378 e. The van der Waals surface area contributed by atoms with Crippen LogP contribution in [-0.2, 0) is 18.2 Å². The second-order valence-corrected chi connectivity index (χ2v) is 5.78. The van der Waals surface area contributed by atoms with Crippen molar-refractivity contribution < 1.29 is 4.74 Å². The largest absolute Gasteiger partial charge is 0.378 e. The van der Waals surface area contributed by atoms with Gasteiger partial charge in [-0.3, -0.25) is 4.68 Å². The molecule has 0 aromatic carbocycles. The fourth-order valence-corrected chi connectivity index (χ4v) is 3.04. The summed E-state index contributed by atoms with van der Waals surface area (Å²) in [7, 11) is 1.96. The van der Waals surface area contributed by atoms with Crippen LogP contribution in [0.1, 0.15) is 39.3 Å². The Labute approximate surface area is 116 Å². The van der Waals surface area contributed by atoms with Crippen LogP contribution in [-0.4, -0.2) is 35.1 Å². The van der Waals surface area contributed by atoms with Crippen LogP contribution in [0, 0.1) is 5.41 Å². The second kappa shape index (κ2) is 6.06. The number of aromatic nitrogens is 2. The smallest absolute Gasteiger partial charge is 0.0658 e. The molecule has 108 valence electrons. The van der Waals surface area contributed by atoms with Gasteiger partial charge in [-0.2, -0.15) is 5.10 Å². The fourth-order valence-electron chi connectivity index (χ4n) is 3.04. The minimum absolute atomic E-state index is 0.292. The first kappa shape index (κ1) is 14.5. The van der Waals surface area contributed by atoms with Crippen molar-refractivity contribution in [3.8, 4) is 0 Å². The summed E-state index contributed by atoms with van der Waals surface area (Å²) in [4.78, 5) is 0. The SMILES string of the molecule is CCOC1CC(NCCc2ccn(C)n2)C1(C)CC. The molecule has 0 radical (unpaired) electrons. The van der Waals surface area contributed by atoms with E-state index in [-0.39, 0.29) is 0 Å². The third kappa shape index (κ3) is 3.00. The van der Waals surface area contributed by atoms with Crippen molar-refractivity contribution in [2.45, 2.75) is 52.2 Å². The first-order valence-electron chi connectivity index (χ1n) is 7.43. The van der Waals surface area contributed by atoms with Crippen LogP contribution < -0.4 is 5.32 Å². The molecule has 1 aromatic rings. The van der Waals surface area contributed by atoms with E-state index in [2.05, 4.69) is 37.3 Å². The summed E-state index contributed by atoms with van der Waals surface area (Å²) in [5.74, 6) is 0. The first-order chi connectivity index (χ1) is 9.10. The number of nitrogens with one attached hydrogen (secondary N) is 1. The highest BCUT2D eigenvalue weighted by Crippen LogP contribution is 2.45. The second-order valence-electron chi connectivity index (χ2n) is 5.78. The molecular weight excluding hydrogens is 238 g/mol. The van der Waals surface area contributed by atoms with E-state index in [1.54, 1.807) is 0 Å². The molecule has 0 bridgehead atoms. The highest BCUT2D eigenvalue weighted by atomic mass is 16.5. The Kier molecular flexibility index (Phi) is 4.63. The van der Waals surface area contributed by atoms with E-state index in [1.807, 2.05) is 17.9 Å². The summed E-state index contributed by atoms with van der Waals surface area (Å²) in [5.41, 5.74) is 1.45. The van der Waals surface area contributed by atoms with Crippen molar-refractivity contribution in [3.05, 3.63) is 18.0 Å². The molecule has 4 nitrogen and oxygen atoms in total. The van der Waals surface area contributed by atoms with Gasteiger partial charge in [0.2, 0.25) is 0 Å². The molecule has 19 heavy (non-hydrogen) atoms. The van der Waals surface area contributed by atoms with Crippen molar-refractivity contribution in [3.63, 3.8) is 0 Å². The zero-order valence-corrected chi connectivity index (χ0v) is 12.6. The summed E-state index contributed by atoms with van der Waals surface area (Å²) in [6, 6.07) is 2.67. The molecule has 3 unspecified atom stereocenters. The average molecular weight is 265 g/mol. The lowest BCUT2D eigenvalue weighted by molar-refractivity contribution is -0.125. The number of aryl methyl sites for hydroxylation is 1. The molecule has 1 N–H and O–H groups in total. The van der Waals surface area contributed by atoms with Crippen molar-refractivity contribution in [1.82, 2.24) is 15.1 Å². The lowest BCUT2D eigenvalue weighted by atomic mass is 9.61. The van der Waals surface area contributed by atoms with Gasteiger partial charge in [0.15, 0.2) is 0 Å². The third-order valence-electron chi connectivity index (χ3n) is 4.65. The molecule has 4 heteroatoms. The zero-order chi connectivity index (χ0) is 13.9. The van der Waals surface area contributed by atoms with Crippen LogP contribution in [0.25, 0.3) is 0 Å². The minimum atomic E-state index is 0.292. The first-order valence-corrected chi connectivity index (χ1v) is 7.43. The van der Waals surface area contributed by atoms with E-state index in [1.165, 1.54) is 6.42 Å². The molecule has 1 saturated carbocycles. The highest BCUT2D eigenvalue weighted by Gasteiger charge is 2.50. The van der Waals surface area contributed by atoms with E-state index in [9.17, 15) is 0 Å². The van der Waals surface area contributed by atoms with Gasteiger partial charge in [0.05, 0.1) is 11.8 Å². The predicted molar refractivity (Wildman–Crippen MR) is 77.1 cm³/mol. The maximum absolute atomic E-state index is 5.83. The number of hydrogen-bond donors (Lipinski definition) is 1. The van der Waals surface area contributed by atoms with Crippen molar-refractivity contribution in [1.29, 1.82) is 0 Å². The standard InChI is InChI=1S/C15H27N3O/c1-5-15(3)13(11-14(15)19-6-2)16-9-7-12-8-10-18(4)17-12/h8,10,13-14,16H,5-7,9,11H2,1-4H3. The van der Waals surface area contributed by atoms with Gasteiger partial charge in [0.1, 0.15) is 0 Å². The Morgan fingerprint density at radius 2 is 2.32 bits per heavy atom. The van der Waals surface area contributed by atoms with Gasteiger partial charge >= 0.3 is 0 Å². The molecule has 2 rings (SSSR count). The predicted octanol–water partition coefficient (Wildman–Crippen LogP) is 2.15. The summed E-state index contributed by atoms with van der Waals surface area (Å²) >= 11 is 0. The molecule has 0 aliphatic heterocycles. The molecular formula is C15H27N3O. The molecule has 1 aliphatic rings. The Balaban J connectivity index is 1.77. The Morgan fingerprint density at radius 3 is 2.89 bits per heavy atom. The monoisotopic (exact) mass is 265 g/mol. The van der Waals surface area contributed by atoms with Gasteiger partial charge in [0, 0.05) is 44.3 Å². The van der Waals surface area contributed by atoms with E-state index < -0.39 is 0 Å². The van der Waals surface area contributed by atoms with Crippen LogP contribution in [0.15, 0.2) is 12.3 Å². The quantitative estimate of drug-likeness (QED) is 0.821. The average Bonchev–Trinajstić information content (AvgIpc) is 2.81. The van der Waals surface area contributed by atoms with Gasteiger partial charge in [-0.15, -0.1) is 0 Å². The Bertz CT molecular complexity index is 404. The van der Waals surface area contributed by atoms with E-state index >= 15 is 0 Å². The van der Waals surface area contributed by atoms with Crippen LogP contribution in [0.3, 0.4) is 0 Å². The van der Waals surface area contributed by atoms with Gasteiger partial charge in [-0.1, -0.05) is 13.8 Å². The topological polar surface area (TPSA) is 39.1 Å². The maximum Gasteiger partial charge on any atom is 0.0658 e. The van der Waals surface area contributed by atoms with Crippen LogP contribution >= 0.6 is 0 Å². The summed E-state index contributed by atoms with van der Waals surface area (Å²) < 4.78 is 7.69. The van der Waals surface area contributed by atoms with Crippen LogP contribution in [0.4, 0.5) is 0 Å². The van der Waals surface area contributed by atoms with Crippen LogP contribution in [0.5, 0.6) is 0 Å². The molecule has 0 amide bonds. The summed E-state index contributed by atoms with van der Waals surface area (Å²) in [5, 5.41) is 8.08. The van der Waals surface area contributed by atoms with Crippen molar-refractivity contribution >= 4 is 0 Å². The summed E-state index contributed by atoms with van der Waals surface area (Å²) in [6.07, 6.45) is 5.73. The number of rotatable bonds is 7. The molecule has 0 spiro atoms. The van der Waals surface area contributed by atoms with E-state index in [0.29, 0.717) is 17.6 Å². The molecule has 3 atom stereocenters. The number of hydrogen-bond acceptors (Lipinski definition) is 3. The van der Waals surface area contributed by atoms with Crippen molar-refractivity contribution in [2.24, 2.45) is 12.5 Å². The Hall–Kier alpha value is -0.870. The van der Waals surface area contributed by atoms with Gasteiger partial charge in [-0.25, -0.2) is 0 Å². The zero-order valence-electron chi connectivity index (χ0n) is 12.6. The maximum atomic E-state index is 5.83. The molecule has 1 aromatic heterocycles. The van der Waals surface area contributed by atoms with Crippen molar-refractivity contribution in [2.75, 3.05) is 13.2 Å². The van der Waals surface area contributed by atoms with Crippen LogP contribution in [0.2, 0.25) is 0 Å². The summed E-state index contributed by atoms with van der Waals surface area (Å²) in [6.45, 7) is 8.50. The fraction of sp³-hybridized carbons (Fsp3) is 0.800. The number of ether oxygens (including phenoxy) is 1. The molecule has 1 heterocycles. The lowest BCUT2D eigenvalue weighted by Crippen LogP contribution is -2.62. The molecule has 1 aliphatic carbocycles. The van der Waals surface area contributed by atoms with Gasteiger partial charge in [-0.05, 0) is 25.8 Å².